The van der Waals surface area contributed by atoms with E-state index in [-0.39, 0.29) is 0 Å². The zero-order chi connectivity index (χ0) is 10.7. The summed E-state index contributed by atoms with van der Waals surface area (Å²) in [6.07, 6.45) is 4.05. The number of rotatable bonds is 4. The number of aromatic nitrogens is 1. The van der Waals surface area contributed by atoms with Gasteiger partial charge in [0.2, 0.25) is 0 Å². The summed E-state index contributed by atoms with van der Waals surface area (Å²) >= 11 is 5.70. The van der Waals surface area contributed by atoms with Gasteiger partial charge < -0.3 is 4.98 Å². The number of hydrogen-bond donors (Lipinski definition) is 1. The van der Waals surface area contributed by atoms with Gasteiger partial charge in [-0.3, -0.25) is 0 Å². The van der Waals surface area contributed by atoms with Gasteiger partial charge in [-0.15, -0.1) is 11.6 Å². The van der Waals surface area contributed by atoms with Gasteiger partial charge in [0.25, 0.3) is 0 Å². The molecular formula is C13H14ClN. The van der Waals surface area contributed by atoms with Crippen LogP contribution in [-0.4, -0.2) is 10.9 Å². The number of H-pyrrole nitrogens is 1. The highest BCUT2D eigenvalue weighted by molar-refractivity contribution is 6.19. The monoisotopic (exact) mass is 219 g/mol. The van der Waals surface area contributed by atoms with Gasteiger partial charge in [-0.25, -0.2) is 0 Å². The van der Waals surface area contributed by atoms with Crippen LogP contribution in [0, 0.1) is 0 Å². The van der Waals surface area contributed by atoms with Crippen LogP contribution in [0.1, 0.15) is 12.0 Å². The molecule has 2 rings (SSSR count). The van der Waals surface area contributed by atoms with Crippen molar-refractivity contribution in [2.24, 2.45) is 0 Å². The third-order valence-corrected chi connectivity index (χ3v) is 2.99. The molecule has 0 aliphatic rings. The first-order valence-corrected chi connectivity index (χ1v) is 5.62. The number of aromatic amines is 1. The maximum absolute atomic E-state index is 5.70. The predicted octanol–water partition coefficient (Wildman–Crippen LogP) is 3.90. The first-order chi connectivity index (χ1) is 7.31. The van der Waals surface area contributed by atoms with Crippen molar-refractivity contribution < 1.29 is 0 Å². The highest BCUT2D eigenvalue weighted by Crippen LogP contribution is 2.20. The maximum Gasteiger partial charge on any atom is 0.0456 e. The number of fused-ring (bicyclic) bond motifs is 1. The second-order valence-electron chi connectivity index (χ2n) is 3.74. The average Bonchev–Trinajstić information content (AvgIpc) is 2.69. The Morgan fingerprint density at radius 2 is 2.13 bits per heavy atom. The van der Waals surface area contributed by atoms with E-state index >= 15 is 0 Å². The van der Waals surface area contributed by atoms with Crippen molar-refractivity contribution in [3.8, 4) is 0 Å². The summed E-state index contributed by atoms with van der Waals surface area (Å²) in [5.41, 5.74) is 3.64. The highest BCUT2D eigenvalue weighted by atomic mass is 35.5. The van der Waals surface area contributed by atoms with Crippen LogP contribution in [0.25, 0.3) is 10.9 Å². The summed E-state index contributed by atoms with van der Waals surface area (Å²) in [5.74, 6) is 0.558. The van der Waals surface area contributed by atoms with Crippen LogP contribution in [0.2, 0.25) is 0 Å². The van der Waals surface area contributed by atoms with E-state index in [4.69, 9.17) is 11.6 Å². The van der Waals surface area contributed by atoms with Crippen molar-refractivity contribution in [1.29, 1.82) is 0 Å². The number of nitrogens with one attached hydrogen (secondary N) is 1. The van der Waals surface area contributed by atoms with Crippen LogP contribution in [0.3, 0.4) is 0 Å². The predicted molar refractivity (Wildman–Crippen MR) is 66.5 cm³/mol. The van der Waals surface area contributed by atoms with Crippen molar-refractivity contribution in [2.75, 3.05) is 5.88 Å². The van der Waals surface area contributed by atoms with Crippen molar-refractivity contribution in [2.45, 2.75) is 12.8 Å². The quantitative estimate of drug-likeness (QED) is 0.593. The molecule has 15 heavy (non-hydrogen) atoms. The molecular weight excluding hydrogens is 206 g/mol. The fraction of sp³-hybridized carbons (Fsp3) is 0.231. The minimum Gasteiger partial charge on any atom is -0.361 e. The molecule has 1 N–H and O–H groups in total. The highest BCUT2D eigenvalue weighted by Gasteiger charge is 2.02. The maximum atomic E-state index is 5.70. The fourth-order valence-electron chi connectivity index (χ4n) is 1.72. The lowest BCUT2D eigenvalue weighted by Gasteiger charge is -2.00. The molecule has 1 aromatic heterocycles. The molecule has 0 atom stereocenters. The molecule has 0 fully saturated rings. The second-order valence-corrected chi connectivity index (χ2v) is 4.01. The Hall–Kier alpha value is -1.21. The van der Waals surface area contributed by atoms with E-state index in [2.05, 4.69) is 36.0 Å². The number of aryl methyl sites for hydroxylation is 1. The summed E-state index contributed by atoms with van der Waals surface area (Å²) in [4.78, 5) is 3.27. The number of benzene rings is 1. The normalized spacial score (nSPS) is 10.7. The molecule has 0 saturated heterocycles. The van der Waals surface area contributed by atoms with E-state index in [1.807, 2.05) is 6.07 Å². The van der Waals surface area contributed by atoms with Crippen molar-refractivity contribution >= 4 is 22.5 Å². The van der Waals surface area contributed by atoms with Crippen LogP contribution >= 0.6 is 11.6 Å². The molecule has 1 aromatic carbocycles. The van der Waals surface area contributed by atoms with E-state index in [1.54, 1.807) is 0 Å². The Kier molecular flexibility index (Phi) is 3.12. The lowest BCUT2D eigenvalue weighted by molar-refractivity contribution is 0.955. The minimum atomic E-state index is 0.558. The molecule has 2 heteroatoms. The van der Waals surface area contributed by atoms with E-state index in [9.17, 15) is 0 Å². The van der Waals surface area contributed by atoms with E-state index in [0.717, 1.165) is 18.4 Å². The lowest BCUT2D eigenvalue weighted by Crippen LogP contribution is -1.87. The third-order valence-electron chi connectivity index (χ3n) is 2.61. The van der Waals surface area contributed by atoms with E-state index in [1.165, 1.54) is 16.5 Å². The van der Waals surface area contributed by atoms with Crippen LogP contribution in [-0.2, 0) is 6.42 Å². The van der Waals surface area contributed by atoms with Gasteiger partial charge in [-0.2, -0.15) is 0 Å². The summed E-state index contributed by atoms with van der Waals surface area (Å²) in [5, 5.41) is 1.31. The van der Waals surface area contributed by atoms with Crippen molar-refractivity contribution in [1.82, 2.24) is 4.98 Å². The average molecular weight is 220 g/mol. The van der Waals surface area contributed by atoms with E-state index in [0.29, 0.717) is 5.88 Å². The SMILES string of the molecule is C=C(CCl)CCc1c[nH]c2ccccc12. The molecule has 0 spiro atoms. The molecule has 2 aromatic rings. The molecule has 1 nitrogen and oxygen atoms in total. The zero-order valence-corrected chi connectivity index (χ0v) is 9.35. The number of allylic oxidation sites excluding steroid dienone is 1. The first-order valence-electron chi connectivity index (χ1n) is 5.09. The van der Waals surface area contributed by atoms with Gasteiger partial charge in [-0.1, -0.05) is 30.4 Å². The largest absolute Gasteiger partial charge is 0.361 e. The van der Waals surface area contributed by atoms with E-state index < -0.39 is 0 Å². The molecule has 0 aliphatic heterocycles. The summed E-state index contributed by atoms with van der Waals surface area (Å²) < 4.78 is 0. The third kappa shape index (κ3) is 2.24. The van der Waals surface area contributed by atoms with Gasteiger partial charge in [-0.05, 0) is 24.5 Å². The second kappa shape index (κ2) is 4.54. The zero-order valence-electron chi connectivity index (χ0n) is 8.59. The Labute approximate surface area is 94.8 Å². The molecule has 0 saturated carbocycles. The van der Waals surface area contributed by atoms with Crippen molar-refractivity contribution in [3.63, 3.8) is 0 Å². The smallest absolute Gasteiger partial charge is 0.0456 e. The molecule has 1 heterocycles. The minimum absolute atomic E-state index is 0.558. The first kappa shape index (κ1) is 10.3. The number of halogens is 1. The molecule has 0 amide bonds. The summed E-state index contributed by atoms with van der Waals surface area (Å²) in [7, 11) is 0. The molecule has 0 bridgehead atoms. The van der Waals surface area contributed by atoms with Crippen LogP contribution in [0.5, 0.6) is 0 Å². The summed E-state index contributed by atoms with van der Waals surface area (Å²) in [6.45, 7) is 3.91. The van der Waals surface area contributed by atoms with Gasteiger partial charge in [0.1, 0.15) is 0 Å². The van der Waals surface area contributed by atoms with Gasteiger partial charge in [0, 0.05) is 23.0 Å². The molecule has 78 valence electrons. The number of alkyl halides is 1. The standard InChI is InChI=1S/C13H14ClN/c1-10(8-14)6-7-11-9-15-13-5-3-2-4-12(11)13/h2-5,9,15H,1,6-8H2. The molecule has 0 radical (unpaired) electrons. The van der Waals surface area contributed by atoms with Crippen molar-refractivity contribution in [3.05, 3.63) is 48.2 Å². The Bertz CT molecular complexity index is 470. The van der Waals surface area contributed by atoms with Gasteiger partial charge in [0.15, 0.2) is 0 Å². The van der Waals surface area contributed by atoms with Crippen LogP contribution in [0.15, 0.2) is 42.6 Å². The molecule has 0 aliphatic carbocycles. The topological polar surface area (TPSA) is 15.8 Å². The Morgan fingerprint density at radius 3 is 2.93 bits per heavy atom. The Balaban J connectivity index is 2.18. The number of para-hydroxylation sites is 1. The lowest BCUT2D eigenvalue weighted by atomic mass is 10.1. The summed E-state index contributed by atoms with van der Waals surface area (Å²) in [6, 6.07) is 8.34. The van der Waals surface area contributed by atoms with Crippen LogP contribution < -0.4 is 0 Å². The van der Waals surface area contributed by atoms with Crippen LogP contribution in [0.4, 0.5) is 0 Å². The number of hydrogen-bond acceptors (Lipinski definition) is 0. The van der Waals surface area contributed by atoms with Gasteiger partial charge in [0.05, 0.1) is 0 Å². The Morgan fingerprint density at radius 1 is 1.33 bits per heavy atom. The fourth-order valence-corrected chi connectivity index (χ4v) is 1.85. The van der Waals surface area contributed by atoms with Gasteiger partial charge >= 0.3 is 0 Å². The molecule has 0 unspecified atom stereocenters.